The van der Waals surface area contributed by atoms with Crippen LogP contribution < -0.4 is 5.56 Å². The number of fused-ring (bicyclic) bond motifs is 1. The summed E-state index contributed by atoms with van der Waals surface area (Å²) in [4.78, 5) is 27.5. The summed E-state index contributed by atoms with van der Waals surface area (Å²) in [6, 6.07) is 5.27. The fraction of sp³-hybridized carbons (Fsp3) is 0.154. The molecule has 0 unspecified atom stereocenters. The molecule has 0 atom stereocenters. The Kier molecular flexibility index (Phi) is 3.66. The van der Waals surface area contributed by atoms with Gasteiger partial charge in [0.15, 0.2) is 0 Å². The minimum absolute atomic E-state index is 0.0516. The van der Waals surface area contributed by atoms with Crippen LogP contribution in [-0.2, 0) is 9.53 Å². The first kappa shape index (κ1) is 13.3. The van der Waals surface area contributed by atoms with Crippen molar-refractivity contribution >= 4 is 29.3 Å². The first-order valence-electron chi connectivity index (χ1n) is 5.48. The summed E-state index contributed by atoms with van der Waals surface area (Å²) in [7, 11) is 1.25. The number of methoxy groups -OCH3 is 1. The predicted molar refractivity (Wildman–Crippen MR) is 72.3 cm³/mol. The Balaban J connectivity index is 2.69. The molecule has 0 N–H and O–H groups in total. The van der Waals surface area contributed by atoms with Crippen LogP contribution >= 0.6 is 11.6 Å². The molecule has 5 nitrogen and oxygen atoms in total. The highest BCUT2D eigenvalue weighted by atomic mass is 35.5. The number of aromatic nitrogens is 2. The number of pyridine rings is 1. The molecule has 2 rings (SSSR count). The van der Waals surface area contributed by atoms with Crippen LogP contribution in [0.2, 0.25) is 5.15 Å². The largest absolute Gasteiger partial charge is 0.466 e. The number of aryl methyl sites for hydroxylation is 1. The van der Waals surface area contributed by atoms with Gasteiger partial charge in [-0.1, -0.05) is 17.7 Å². The zero-order valence-electron chi connectivity index (χ0n) is 10.4. The smallest absolute Gasteiger partial charge is 0.330 e. The van der Waals surface area contributed by atoms with Gasteiger partial charge in [-0.25, -0.2) is 9.78 Å². The van der Waals surface area contributed by atoms with Gasteiger partial charge >= 0.3 is 5.97 Å². The number of halogens is 1. The average molecular weight is 279 g/mol. The second-order valence-electron chi connectivity index (χ2n) is 3.84. The van der Waals surface area contributed by atoms with Gasteiger partial charge in [0.1, 0.15) is 10.8 Å². The van der Waals surface area contributed by atoms with E-state index >= 15 is 0 Å². The number of rotatable bonds is 2. The monoisotopic (exact) mass is 278 g/mol. The van der Waals surface area contributed by atoms with E-state index in [1.165, 1.54) is 17.6 Å². The highest BCUT2D eigenvalue weighted by Gasteiger charge is 2.10. The summed E-state index contributed by atoms with van der Waals surface area (Å²) in [5.74, 6) is -0.564. The second-order valence-corrected chi connectivity index (χ2v) is 4.20. The van der Waals surface area contributed by atoms with E-state index in [4.69, 9.17) is 11.6 Å². The minimum atomic E-state index is -0.564. The van der Waals surface area contributed by atoms with E-state index in [1.54, 1.807) is 25.1 Å². The van der Waals surface area contributed by atoms with Crippen molar-refractivity contribution < 1.29 is 9.53 Å². The highest BCUT2D eigenvalue weighted by molar-refractivity contribution is 6.31. The van der Waals surface area contributed by atoms with Crippen molar-refractivity contribution in [1.82, 2.24) is 9.38 Å². The number of hydrogen-bond donors (Lipinski definition) is 0. The molecule has 6 heteroatoms. The van der Waals surface area contributed by atoms with Gasteiger partial charge in [0.2, 0.25) is 0 Å². The summed E-state index contributed by atoms with van der Waals surface area (Å²) < 4.78 is 5.90. The van der Waals surface area contributed by atoms with Gasteiger partial charge in [-0.2, -0.15) is 0 Å². The molecule has 98 valence electrons. The Labute approximate surface area is 114 Å². The molecule has 2 aromatic heterocycles. The zero-order valence-corrected chi connectivity index (χ0v) is 11.1. The normalized spacial score (nSPS) is 11.1. The van der Waals surface area contributed by atoms with Crippen LogP contribution in [0.1, 0.15) is 11.3 Å². The number of carbonyl (C=O) groups excluding carboxylic acids is 1. The molecule has 0 amide bonds. The van der Waals surface area contributed by atoms with Crippen LogP contribution in [0.25, 0.3) is 11.7 Å². The van der Waals surface area contributed by atoms with Crippen LogP contribution in [0.4, 0.5) is 0 Å². The van der Waals surface area contributed by atoms with Gasteiger partial charge < -0.3 is 4.74 Å². The van der Waals surface area contributed by atoms with Crippen molar-refractivity contribution in [3.05, 3.63) is 51.0 Å². The zero-order chi connectivity index (χ0) is 14.0. The van der Waals surface area contributed by atoms with Crippen molar-refractivity contribution in [2.24, 2.45) is 0 Å². The molecule has 19 heavy (non-hydrogen) atoms. The maximum absolute atomic E-state index is 12.3. The standard InChI is InChI=1S/C13H11ClN2O3/c1-8-4-3-5-10-15-12(14)9(13(18)16(8)10)6-7-11(17)19-2/h3-7H,1-2H3/b7-6+. The molecular formula is C13H11ClN2O3. The molecule has 0 spiro atoms. The fourth-order valence-corrected chi connectivity index (χ4v) is 1.91. The summed E-state index contributed by atoms with van der Waals surface area (Å²) in [5.41, 5.74) is 1.02. The summed E-state index contributed by atoms with van der Waals surface area (Å²) in [6.07, 6.45) is 2.44. The van der Waals surface area contributed by atoms with Crippen molar-refractivity contribution in [2.45, 2.75) is 6.92 Å². The molecule has 0 aliphatic rings. The lowest BCUT2D eigenvalue weighted by Gasteiger charge is -2.06. The Morgan fingerprint density at radius 2 is 2.21 bits per heavy atom. The van der Waals surface area contributed by atoms with Crippen LogP contribution in [0.3, 0.4) is 0 Å². The quantitative estimate of drug-likeness (QED) is 0.478. The van der Waals surface area contributed by atoms with Gasteiger partial charge in [-0.3, -0.25) is 9.20 Å². The van der Waals surface area contributed by atoms with Crippen LogP contribution in [0.5, 0.6) is 0 Å². The average Bonchev–Trinajstić information content (AvgIpc) is 2.37. The topological polar surface area (TPSA) is 60.7 Å². The number of nitrogens with zero attached hydrogens (tertiary/aromatic N) is 2. The van der Waals surface area contributed by atoms with Gasteiger partial charge in [0, 0.05) is 11.8 Å². The molecule has 0 aliphatic carbocycles. The van der Waals surface area contributed by atoms with E-state index in [-0.39, 0.29) is 16.3 Å². The van der Waals surface area contributed by atoms with Gasteiger partial charge in [0.05, 0.1) is 12.7 Å². The molecule has 0 saturated heterocycles. The predicted octanol–water partition coefficient (Wildman–Crippen LogP) is 1.84. The summed E-state index contributed by atoms with van der Waals surface area (Å²) in [6.45, 7) is 1.79. The number of carbonyl (C=O) groups is 1. The highest BCUT2D eigenvalue weighted by Crippen LogP contribution is 2.13. The lowest BCUT2D eigenvalue weighted by atomic mass is 10.2. The maximum atomic E-state index is 12.3. The third-order valence-corrected chi connectivity index (χ3v) is 2.91. The van der Waals surface area contributed by atoms with E-state index in [9.17, 15) is 9.59 Å². The van der Waals surface area contributed by atoms with Crippen molar-refractivity contribution in [3.63, 3.8) is 0 Å². The number of ether oxygens (including phenoxy) is 1. The van der Waals surface area contributed by atoms with Crippen molar-refractivity contribution in [2.75, 3.05) is 7.11 Å². The molecule has 2 heterocycles. The first-order valence-corrected chi connectivity index (χ1v) is 5.86. The Bertz CT molecular complexity index is 734. The van der Waals surface area contributed by atoms with Crippen LogP contribution in [-0.4, -0.2) is 22.5 Å². The van der Waals surface area contributed by atoms with Crippen molar-refractivity contribution in [1.29, 1.82) is 0 Å². The molecule has 0 saturated carbocycles. The van der Waals surface area contributed by atoms with Crippen LogP contribution in [0, 0.1) is 6.92 Å². The van der Waals surface area contributed by atoms with E-state index in [0.29, 0.717) is 5.65 Å². The fourth-order valence-electron chi connectivity index (χ4n) is 1.68. The van der Waals surface area contributed by atoms with Crippen molar-refractivity contribution in [3.8, 4) is 0 Å². The maximum Gasteiger partial charge on any atom is 0.330 e. The molecular weight excluding hydrogens is 268 g/mol. The number of hydrogen-bond acceptors (Lipinski definition) is 4. The molecule has 0 radical (unpaired) electrons. The van der Waals surface area contributed by atoms with E-state index in [0.717, 1.165) is 11.8 Å². The van der Waals surface area contributed by atoms with E-state index in [2.05, 4.69) is 9.72 Å². The first-order chi connectivity index (χ1) is 9.04. The third kappa shape index (κ3) is 2.51. The third-order valence-electron chi connectivity index (χ3n) is 2.62. The summed E-state index contributed by atoms with van der Waals surface area (Å²) >= 11 is 5.96. The molecule has 0 bridgehead atoms. The molecule has 0 aromatic carbocycles. The van der Waals surface area contributed by atoms with Gasteiger partial charge in [0.25, 0.3) is 5.56 Å². The Hall–Kier alpha value is -2.14. The van der Waals surface area contributed by atoms with Crippen LogP contribution in [0.15, 0.2) is 29.1 Å². The number of esters is 1. The molecule has 0 aliphatic heterocycles. The Morgan fingerprint density at radius 1 is 1.47 bits per heavy atom. The summed E-state index contributed by atoms with van der Waals surface area (Å²) in [5, 5.41) is 0.0516. The SMILES string of the molecule is COC(=O)/C=C/c1c(Cl)nc2cccc(C)n2c1=O. The Morgan fingerprint density at radius 3 is 2.89 bits per heavy atom. The molecule has 2 aromatic rings. The lowest BCUT2D eigenvalue weighted by Crippen LogP contribution is -2.20. The van der Waals surface area contributed by atoms with Gasteiger partial charge in [-0.15, -0.1) is 0 Å². The van der Waals surface area contributed by atoms with E-state index < -0.39 is 5.97 Å². The minimum Gasteiger partial charge on any atom is -0.466 e. The molecule has 0 fully saturated rings. The van der Waals surface area contributed by atoms with E-state index in [1.807, 2.05) is 0 Å². The van der Waals surface area contributed by atoms with Gasteiger partial charge in [-0.05, 0) is 25.1 Å². The second kappa shape index (κ2) is 5.24. The lowest BCUT2D eigenvalue weighted by molar-refractivity contribution is -0.134.